The highest BCUT2D eigenvalue weighted by atomic mass is 35.5. The number of methoxy groups -OCH3 is 1. The highest BCUT2D eigenvalue weighted by Gasteiger charge is 2.07. The second kappa shape index (κ2) is 5.75. The lowest BCUT2D eigenvalue weighted by atomic mass is 10.2. The van der Waals surface area contributed by atoms with Crippen LogP contribution in [0.4, 0.5) is 16.0 Å². The molecule has 0 saturated heterocycles. The molecule has 2 rings (SSSR count). The zero-order valence-electron chi connectivity index (χ0n) is 10.3. The molecule has 1 heterocycles. The van der Waals surface area contributed by atoms with E-state index in [0.29, 0.717) is 12.4 Å². The number of anilines is 2. The van der Waals surface area contributed by atoms with Crippen LogP contribution in [-0.2, 0) is 6.54 Å². The van der Waals surface area contributed by atoms with Crippen molar-refractivity contribution in [3.8, 4) is 5.75 Å². The van der Waals surface area contributed by atoms with E-state index in [-0.39, 0.29) is 10.8 Å². The number of halogens is 2. The van der Waals surface area contributed by atoms with E-state index in [9.17, 15) is 4.39 Å². The fraction of sp³-hybridized carbons (Fsp3) is 0.154. The Morgan fingerprint density at radius 3 is 2.68 bits per heavy atom. The number of nitrogens with zero attached hydrogens (tertiary/aromatic N) is 1. The number of nitrogens with one attached hydrogen (secondary N) is 1. The van der Waals surface area contributed by atoms with Crippen molar-refractivity contribution in [3.05, 3.63) is 46.7 Å². The molecule has 3 N–H and O–H groups in total. The van der Waals surface area contributed by atoms with Gasteiger partial charge in [-0.15, -0.1) is 0 Å². The van der Waals surface area contributed by atoms with Crippen molar-refractivity contribution >= 4 is 23.2 Å². The van der Waals surface area contributed by atoms with Crippen molar-refractivity contribution < 1.29 is 9.13 Å². The first kappa shape index (κ1) is 13.4. The highest BCUT2D eigenvalue weighted by Crippen LogP contribution is 2.23. The smallest absolute Gasteiger partial charge is 0.166 e. The summed E-state index contributed by atoms with van der Waals surface area (Å²) in [5.41, 5.74) is 6.41. The van der Waals surface area contributed by atoms with Gasteiger partial charge < -0.3 is 15.8 Å². The number of nitrogen functional groups attached to an aromatic ring is 1. The van der Waals surface area contributed by atoms with Gasteiger partial charge in [0.05, 0.1) is 12.1 Å². The van der Waals surface area contributed by atoms with E-state index in [2.05, 4.69) is 10.3 Å². The summed E-state index contributed by atoms with van der Waals surface area (Å²) in [6, 6.07) is 8.66. The van der Waals surface area contributed by atoms with E-state index >= 15 is 0 Å². The van der Waals surface area contributed by atoms with Gasteiger partial charge in [-0.1, -0.05) is 23.7 Å². The van der Waals surface area contributed by atoms with E-state index in [1.807, 2.05) is 24.3 Å². The van der Waals surface area contributed by atoms with E-state index in [1.54, 1.807) is 7.11 Å². The minimum Gasteiger partial charge on any atom is -0.497 e. The molecule has 100 valence electrons. The average molecular weight is 282 g/mol. The Labute approximate surface area is 115 Å². The van der Waals surface area contributed by atoms with Gasteiger partial charge in [-0.2, -0.15) is 0 Å². The summed E-state index contributed by atoms with van der Waals surface area (Å²) in [6.07, 6.45) is 0. The summed E-state index contributed by atoms with van der Waals surface area (Å²) in [5, 5.41) is 3.20. The lowest BCUT2D eigenvalue weighted by Gasteiger charge is -2.09. The Hall–Kier alpha value is -2.01. The molecule has 4 nitrogen and oxygen atoms in total. The van der Waals surface area contributed by atoms with Crippen LogP contribution in [-0.4, -0.2) is 12.1 Å². The minimum absolute atomic E-state index is 0.179. The molecular formula is C13H13ClFN3O. The molecule has 0 aliphatic carbocycles. The Morgan fingerprint density at radius 2 is 2.05 bits per heavy atom. The summed E-state index contributed by atoms with van der Waals surface area (Å²) < 4.78 is 18.2. The van der Waals surface area contributed by atoms with Crippen LogP contribution < -0.4 is 15.8 Å². The fourth-order valence-corrected chi connectivity index (χ4v) is 1.74. The van der Waals surface area contributed by atoms with Crippen LogP contribution in [0.25, 0.3) is 0 Å². The van der Waals surface area contributed by atoms with Gasteiger partial charge in [-0.25, -0.2) is 9.37 Å². The van der Waals surface area contributed by atoms with E-state index in [4.69, 9.17) is 22.1 Å². The zero-order valence-corrected chi connectivity index (χ0v) is 11.0. The highest BCUT2D eigenvalue weighted by molar-refractivity contribution is 6.32. The van der Waals surface area contributed by atoms with Crippen LogP contribution in [0.3, 0.4) is 0 Å². The number of hydrogen-bond acceptors (Lipinski definition) is 4. The Morgan fingerprint density at radius 1 is 1.37 bits per heavy atom. The maximum atomic E-state index is 13.1. The second-order valence-corrected chi connectivity index (χ2v) is 4.29. The van der Waals surface area contributed by atoms with Crippen LogP contribution in [0.1, 0.15) is 5.56 Å². The van der Waals surface area contributed by atoms with Crippen molar-refractivity contribution in [2.75, 3.05) is 18.2 Å². The summed E-state index contributed by atoms with van der Waals surface area (Å²) >= 11 is 5.87. The first-order valence-electron chi connectivity index (χ1n) is 5.58. The molecule has 0 amide bonds. The topological polar surface area (TPSA) is 60.2 Å². The van der Waals surface area contributed by atoms with Gasteiger partial charge >= 0.3 is 0 Å². The molecule has 0 saturated carbocycles. The van der Waals surface area contributed by atoms with Gasteiger partial charge in [0.25, 0.3) is 0 Å². The van der Waals surface area contributed by atoms with E-state index < -0.39 is 5.82 Å². The lowest BCUT2D eigenvalue weighted by Crippen LogP contribution is -2.05. The summed E-state index contributed by atoms with van der Waals surface area (Å²) in [7, 11) is 1.61. The molecule has 0 aliphatic heterocycles. The number of hydrogen-bond donors (Lipinski definition) is 2. The van der Waals surface area contributed by atoms with Crippen LogP contribution in [0.15, 0.2) is 30.3 Å². The number of ether oxygens (including phenoxy) is 1. The minimum atomic E-state index is -0.625. The third kappa shape index (κ3) is 3.26. The third-order valence-corrected chi connectivity index (χ3v) is 2.86. The fourth-order valence-electron chi connectivity index (χ4n) is 1.53. The van der Waals surface area contributed by atoms with E-state index in [0.717, 1.165) is 17.4 Å². The predicted octanol–water partition coefficient (Wildman–Crippen LogP) is 3.08. The standard InChI is InChI=1S/C13H13ClFN3O/c1-19-9-4-2-8(3-5-9)7-17-13-10(14)6-11(15)12(16)18-13/h2-6H,7H2,1H3,(H3,16,17,18). The first-order valence-corrected chi connectivity index (χ1v) is 5.96. The molecule has 6 heteroatoms. The lowest BCUT2D eigenvalue weighted by molar-refractivity contribution is 0.414. The maximum absolute atomic E-state index is 13.1. The summed E-state index contributed by atoms with van der Waals surface area (Å²) in [4.78, 5) is 3.86. The molecule has 0 radical (unpaired) electrons. The number of aromatic nitrogens is 1. The largest absolute Gasteiger partial charge is 0.497 e. The van der Waals surface area contributed by atoms with Crippen molar-refractivity contribution in [1.29, 1.82) is 0 Å². The zero-order chi connectivity index (χ0) is 13.8. The number of nitrogens with two attached hydrogens (primary N) is 1. The Bertz CT molecular complexity index is 575. The van der Waals surface area contributed by atoms with E-state index in [1.165, 1.54) is 0 Å². The summed E-state index contributed by atoms with van der Waals surface area (Å²) in [5.74, 6) is 0.337. The van der Waals surface area contributed by atoms with Gasteiger partial charge in [-0.05, 0) is 17.7 Å². The molecule has 19 heavy (non-hydrogen) atoms. The number of benzene rings is 1. The second-order valence-electron chi connectivity index (χ2n) is 3.89. The summed E-state index contributed by atoms with van der Waals surface area (Å²) in [6.45, 7) is 0.502. The first-order chi connectivity index (χ1) is 9.10. The Kier molecular flexibility index (Phi) is 4.06. The number of pyridine rings is 1. The maximum Gasteiger partial charge on any atom is 0.166 e. The van der Waals surface area contributed by atoms with Gasteiger partial charge in [0.2, 0.25) is 0 Å². The molecular weight excluding hydrogens is 269 g/mol. The number of rotatable bonds is 4. The van der Waals surface area contributed by atoms with Crippen molar-refractivity contribution in [2.24, 2.45) is 0 Å². The SMILES string of the molecule is COc1ccc(CNc2nc(N)c(F)cc2Cl)cc1. The van der Waals surface area contributed by atoms with Crippen LogP contribution in [0.2, 0.25) is 5.02 Å². The Balaban J connectivity index is 2.07. The van der Waals surface area contributed by atoms with Gasteiger partial charge in [0.15, 0.2) is 11.6 Å². The van der Waals surface area contributed by atoms with Crippen LogP contribution in [0.5, 0.6) is 5.75 Å². The molecule has 0 unspecified atom stereocenters. The molecule has 2 aromatic rings. The molecule has 0 bridgehead atoms. The normalized spacial score (nSPS) is 10.3. The molecule has 1 aromatic carbocycles. The molecule has 0 atom stereocenters. The van der Waals surface area contributed by atoms with Crippen molar-refractivity contribution in [3.63, 3.8) is 0 Å². The van der Waals surface area contributed by atoms with Crippen molar-refractivity contribution in [2.45, 2.75) is 6.54 Å². The third-order valence-electron chi connectivity index (χ3n) is 2.58. The molecule has 0 aliphatic rings. The molecule has 1 aromatic heterocycles. The monoisotopic (exact) mass is 281 g/mol. The van der Waals surface area contributed by atoms with Gasteiger partial charge in [-0.3, -0.25) is 0 Å². The van der Waals surface area contributed by atoms with Gasteiger partial charge in [0.1, 0.15) is 11.6 Å². The molecule has 0 spiro atoms. The quantitative estimate of drug-likeness (QED) is 0.904. The van der Waals surface area contributed by atoms with Gasteiger partial charge in [0, 0.05) is 12.6 Å². The average Bonchev–Trinajstić information content (AvgIpc) is 2.42. The molecule has 0 fully saturated rings. The predicted molar refractivity (Wildman–Crippen MR) is 73.9 cm³/mol. The van der Waals surface area contributed by atoms with Crippen LogP contribution in [0, 0.1) is 5.82 Å². The van der Waals surface area contributed by atoms with Crippen molar-refractivity contribution in [1.82, 2.24) is 4.98 Å². The van der Waals surface area contributed by atoms with Crippen LogP contribution >= 0.6 is 11.6 Å².